The van der Waals surface area contributed by atoms with Gasteiger partial charge in [0.1, 0.15) is 5.76 Å². The van der Waals surface area contributed by atoms with E-state index >= 15 is 0 Å². The molecule has 5 nitrogen and oxygen atoms in total. The molecule has 2 N–H and O–H groups in total. The van der Waals surface area contributed by atoms with Crippen molar-refractivity contribution in [2.75, 3.05) is 0 Å². The minimum Gasteiger partial charge on any atom is -0.475 e. The Morgan fingerprint density at radius 3 is 2.75 bits per heavy atom. The molecule has 1 saturated carbocycles. The lowest BCUT2D eigenvalue weighted by Gasteiger charge is -2.37. The molecule has 1 aliphatic rings. The summed E-state index contributed by atoms with van der Waals surface area (Å²) < 4.78 is 5.12. The Hall–Kier alpha value is -1.78. The maximum Gasteiger partial charge on any atom is 0.371 e. The molecule has 1 aromatic rings. The average Bonchev–Trinajstić information content (AvgIpc) is 2.84. The van der Waals surface area contributed by atoms with Crippen LogP contribution in [0, 0.1) is 11.3 Å². The molecule has 1 aliphatic carbocycles. The number of carboxylic acids is 1. The highest BCUT2D eigenvalue weighted by molar-refractivity contribution is 5.84. The van der Waals surface area contributed by atoms with Crippen molar-refractivity contribution in [2.45, 2.75) is 46.1 Å². The van der Waals surface area contributed by atoms with Crippen LogP contribution < -0.4 is 5.32 Å². The van der Waals surface area contributed by atoms with Gasteiger partial charge in [-0.25, -0.2) is 4.79 Å². The van der Waals surface area contributed by atoms with Crippen LogP contribution in [-0.4, -0.2) is 17.0 Å². The first kappa shape index (κ1) is 14.6. The van der Waals surface area contributed by atoms with Crippen molar-refractivity contribution in [3.05, 3.63) is 23.7 Å². The summed E-state index contributed by atoms with van der Waals surface area (Å²) >= 11 is 0. The van der Waals surface area contributed by atoms with Gasteiger partial charge in [-0.05, 0) is 30.4 Å². The van der Waals surface area contributed by atoms with Gasteiger partial charge in [0, 0.05) is 5.92 Å². The molecule has 1 fully saturated rings. The van der Waals surface area contributed by atoms with E-state index in [2.05, 4.69) is 19.2 Å². The summed E-state index contributed by atoms with van der Waals surface area (Å²) in [6, 6.07) is 2.98. The molecule has 0 spiro atoms. The monoisotopic (exact) mass is 279 g/mol. The van der Waals surface area contributed by atoms with Gasteiger partial charge in [0.05, 0.1) is 6.54 Å². The average molecular weight is 279 g/mol. The summed E-state index contributed by atoms with van der Waals surface area (Å²) in [7, 11) is 0. The molecular weight excluding hydrogens is 258 g/mol. The summed E-state index contributed by atoms with van der Waals surface area (Å²) in [5, 5.41) is 11.6. The van der Waals surface area contributed by atoms with Crippen molar-refractivity contribution in [1.82, 2.24) is 5.32 Å². The molecule has 0 aliphatic heterocycles. The number of carboxylic acid groups (broad SMARTS) is 1. The lowest BCUT2D eigenvalue weighted by molar-refractivity contribution is -0.130. The summed E-state index contributed by atoms with van der Waals surface area (Å²) in [4.78, 5) is 23.0. The van der Waals surface area contributed by atoms with Gasteiger partial charge >= 0.3 is 5.97 Å². The van der Waals surface area contributed by atoms with Crippen LogP contribution in [0.2, 0.25) is 0 Å². The van der Waals surface area contributed by atoms with Crippen LogP contribution in [0.25, 0.3) is 0 Å². The highest BCUT2D eigenvalue weighted by atomic mass is 16.4. The Kier molecular flexibility index (Phi) is 4.16. The molecule has 20 heavy (non-hydrogen) atoms. The number of nitrogens with one attached hydrogen (secondary N) is 1. The maximum atomic E-state index is 12.3. The van der Waals surface area contributed by atoms with E-state index in [0.29, 0.717) is 5.76 Å². The minimum atomic E-state index is -1.10. The molecular formula is C15H21NO4. The molecule has 1 amide bonds. The smallest absolute Gasteiger partial charge is 0.371 e. The van der Waals surface area contributed by atoms with Crippen LogP contribution in [-0.2, 0) is 11.3 Å². The molecule has 1 atom stereocenters. The van der Waals surface area contributed by atoms with Gasteiger partial charge in [-0.15, -0.1) is 0 Å². The molecule has 0 aromatic carbocycles. The number of hydrogen-bond acceptors (Lipinski definition) is 3. The number of hydrogen-bond donors (Lipinski definition) is 2. The highest BCUT2D eigenvalue weighted by Gasteiger charge is 2.36. The lowest BCUT2D eigenvalue weighted by Crippen LogP contribution is -2.40. The zero-order valence-corrected chi connectivity index (χ0v) is 11.9. The van der Waals surface area contributed by atoms with Crippen molar-refractivity contribution < 1.29 is 19.1 Å². The van der Waals surface area contributed by atoms with Crippen molar-refractivity contribution in [3.63, 3.8) is 0 Å². The van der Waals surface area contributed by atoms with Crippen LogP contribution in [0.15, 0.2) is 16.5 Å². The van der Waals surface area contributed by atoms with Crippen LogP contribution in [0.1, 0.15) is 55.8 Å². The third-order valence-corrected chi connectivity index (χ3v) is 4.13. The first-order valence-corrected chi connectivity index (χ1v) is 7.00. The van der Waals surface area contributed by atoms with Crippen LogP contribution in [0.5, 0.6) is 0 Å². The number of amides is 1. The Bertz CT molecular complexity index is 504. The predicted octanol–water partition coefficient (Wildman–Crippen LogP) is 2.81. The second-order valence-electron chi connectivity index (χ2n) is 6.08. The molecule has 1 aromatic heterocycles. The van der Waals surface area contributed by atoms with Crippen molar-refractivity contribution >= 4 is 11.9 Å². The Balaban J connectivity index is 1.92. The molecule has 1 heterocycles. The largest absolute Gasteiger partial charge is 0.475 e. The van der Waals surface area contributed by atoms with E-state index in [4.69, 9.17) is 9.52 Å². The molecule has 2 rings (SSSR count). The predicted molar refractivity (Wildman–Crippen MR) is 73.3 cm³/mol. The van der Waals surface area contributed by atoms with E-state index in [1.54, 1.807) is 6.07 Å². The summed E-state index contributed by atoms with van der Waals surface area (Å²) in [5.41, 5.74) is 0.0255. The van der Waals surface area contributed by atoms with Crippen LogP contribution in [0.4, 0.5) is 0 Å². The fraction of sp³-hybridized carbons (Fsp3) is 0.600. The van der Waals surface area contributed by atoms with E-state index in [0.717, 1.165) is 19.3 Å². The van der Waals surface area contributed by atoms with Crippen molar-refractivity contribution in [2.24, 2.45) is 11.3 Å². The number of carbonyl (C=O) groups is 2. The standard InChI is InChI=1S/C15H21NO4/c1-15(2)8-4-3-5-11(15)13(17)16-9-10-6-7-12(20-10)14(18)19/h6-7,11H,3-5,8-9H2,1-2H3,(H,16,17)(H,18,19). The van der Waals surface area contributed by atoms with Gasteiger partial charge < -0.3 is 14.8 Å². The third-order valence-electron chi connectivity index (χ3n) is 4.13. The van der Waals surface area contributed by atoms with Gasteiger partial charge in [-0.2, -0.15) is 0 Å². The molecule has 1 unspecified atom stereocenters. The van der Waals surface area contributed by atoms with Gasteiger partial charge in [0.25, 0.3) is 0 Å². The van der Waals surface area contributed by atoms with E-state index in [9.17, 15) is 9.59 Å². The molecule has 0 saturated heterocycles. The van der Waals surface area contributed by atoms with Gasteiger partial charge in [-0.1, -0.05) is 26.7 Å². The first-order valence-electron chi connectivity index (χ1n) is 7.00. The third kappa shape index (κ3) is 3.21. The van der Waals surface area contributed by atoms with Gasteiger partial charge in [0.2, 0.25) is 11.7 Å². The molecule has 5 heteroatoms. The summed E-state index contributed by atoms with van der Waals surface area (Å²) in [6.45, 7) is 4.50. The van der Waals surface area contributed by atoms with E-state index in [-0.39, 0.29) is 29.5 Å². The number of carbonyl (C=O) groups excluding carboxylic acids is 1. The van der Waals surface area contributed by atoms with Gasteiger partial charge in [0.15, 0.2) is 0 Å². The fourth-order valence-corrected chi connectivity index (χ4v) is 2.87. The summed E-state index contributed by atoms with van der Waals surface area (Å²) in [6.07, 6.45) is 4.24. The van der Waals surface area contributed by atoms with Crippen LogP contribution in [0.3, 0.4) is 0 Å². The van der Waals surface area contributed by atoms with Gasteiger partial charge in [-0.3, -0.25) is 4.79 Å². The quantitative estimate of drug-likeness (QED) is 0.888. The topological polar surface area (TPSA) is 79.5 Å². The maximum absolute atomic E-state index is 12.3. The summed E-state index contributed by atoms with van der Waals surface area (Å²) in [5.74, 6) is -0.694. The molecule has 110 valence electrons. The SMILES string of the molecule is CC1(C)CCCCC1C(=O)NCc1ccc(C(=O)O)o1. The van der Waals surface area contributed by atoms with Crippen LogP contribution >= 0.6 is 0 Å². The van der Waals surface area contributed by atoms with Crippen molar-refractivity contribution in [3.8, 4) is 0 Å². The van der Waals surface area contributed by atoms with Crippen molar-refractivity contribution in [1.29, 1.82) is 0 Å². The number of rotatable bonds is 4. The number of furan rings is 1. The Morgan fingerprint density at radius 1 is 1.40 bits per heavy atom. The number of aromatic carboxylic acids is 1. The second kappa shape index (κ2) is 5.69. The Morgan fingerprint density at radius 2 is 2.15 bits per heavy atom. The zero-order valence-electron chi connectivity index (χ0n) is 11.9. The zero-order chi connectivity index (χ0) is 14.8. The molecule has 0 bridgehead atoms. The second-order valence-corrected chi connectivity index (χ2v) is 6.08. The van der Waals surface area contributed by atoms with E-state index in [1.807, 2.05) is 0 Å². The minimum absolute atomic E-state index is 0.0187. The Labute approximate surface area is 118 Å². The highest BCUT2D eigenvalue weighted by Crippen LogP contribution is 2.40. The fourth-order valence-electron chi connectivity index (χ4n) is 2.87. The molecule has 0 radical (unpaired) electrons. The normalized spacial score (nSPS) is 21.4. The van der Waals surface area contributed by atoms with E-state index < -0.39 is 5.97 Å². The lowest BCUT2D eigenvalue weighted by atomic mass is 9.68. The first-order chi connectivity index (χ1) is 9.40. The van der Waals surface area contributed by atoms with E-state index in [1.165, 1.54) is 12.5 Å².